The van der Waals surface area contributed by atoms with E-state index in [0.29, 0.717) is 24.3 Å². The minimum absolute atomic E-state index is 0.0624. The molecule has 1 saturated heterocycles. The molecule has 186 valence electrons. The van der Waals surface area contributed by atoms with Gasteiger partial charge in [-0.05, 0) is 29.2 Å². The van der Waals surface area contributed by atoms with E-state index in [0.717, 1.165) is 47.7 Å². The predicted octanol–water partition coefficient (Wildman–Crippen LogP) is 2.31. The largest absolute Gasteiger partial charge is 0.462 e. The number of thioether (sulfide) groups is 1. The monoisotopic (exact) mass is 496 g/mol. The summed E-state index contributed by atoms with van der Waals surface area (Å²) in [6, 6.07) is 13.2. The highest BCUT2D eigenvalue weighted by Crippen LogP contribution is 2.28. The fraction of sp³-hybridized carbons (Fsp3) is 0.423. The summed E-state index contributed by atoms with van der Waals surface area (Å²) in [6.07, 6.45) is 2.12. The molecule has 2 aliphatic rings. The van der Waals surface area contributed by atoms with Crippen molar-refractivity contribution in [2.45, 2.75) is 12.6 Å². The van der Waals surface area contributed by atoms with Crippen LogP contribution in [0.5, 0.6) is 0 Å². The van der Waals surface area contributed by atoms with E-state index < -0.39 is 6.17 Å². The van der Waals surface area contributed by atoms with E-state index in [-0.39, 0.29) is 24.9 Å². The van der Waals surface area contributed by atoms with Gasteiger partial charge < -0.3 is 15.2 Å². The Morgan fingerprint density at radius 1 is 1.09 bits per heavy atom. The van der Waals surface area contributed by atoms with Crippen LogP contribution in [0.1, 0.15) is 38.8 Å². The second-order valence-corrected chi connectivity index (χ2v) is 9.78. The Labute approximate surface area is 210 Å². The summed E-state index contributed by atoms with van der Waals surface area (Å²) < 4.78 is 10.1. The van der Waals surface area contributed by atoms with Gasteiger partial charge in [0.1, 0.15) is 6.61 Å². The summed E-state index contributed by atoms with van der Waals surface area (Å²) >= 11 is 1.95. The van der Waals surface area contributed by atoms with Crippen LogP contribution in [0.2, 0.25) is 0 Å². The molecule has 1 fully saturated rings. The van der Waals surface area contributed by atoms with E-state index in [4.69, 9.17) is 15.2 Å². The third kappa shape index (κ3) is 6.70. The number of rotatable bonds is 9. The number of ketones is 1. The summed E-state index contributed by atoms with van der Waals surface area (Å²) in [5, 5.41) is 6.62. The number of hydrogen-bond acceptors (Lipinski definition) is 9. The van der Waals surface area contributed by atoms with E-state index in [9.17, 15) is 9.59 Å². The number of hydrazone groups is 1. The molecule has 0 aromatic heterocycles. The number of carbonyl (C=O) groups excluding carboxylic acids is 2. The topological polar surface area (TPSA) is 97.5 Å². The second kappa shape index (κ2) is 12.3. The van der Waals surface area contributed by atoms with Gasteiger partial charge in [0.25, 0.3) is 0 Å². The van der Waals surface area contributed by atoms with Crippen LogP contribution in [0, 0.1) is 0 Å². The van der Waals surface area contributed by atoms with E-state index in [1.54, 1.807) is 7.11 Å². The van der Waals surface area contributed by atoms with E-state index >= 15 is 0 Å². The fourth-order valence-corrected chi connectivity index (χ4v) is 5.06. The van der Waals surface area contributed by atoms with Gasteiger partial charge in [0.15, 0.2) is 5.78 Å². The van der Waals surface area contributed by atoms with Gasteiger partial charge in [0.05, 0.1) is 25.5 Å². The zero-order chi connectivity index (χ0) is 24.6. The van der Waals surface area contributed by atoms with E-state index in [1.165, 1.54) is 0 Å². The first-order valence-electron chi connectivity index (χ1n) is 11.8. The van der Waals surface area contributed by atoms with Crippen molar-refractivity contribution >= 4 is 29.7 Å². The van der Waals surface area contributed by atoms with Crippen molar-refractivity contribution in [3.8, 4) is 0 Å². The van der Waals surface area contributed by atoms with Gasteiger partial charge in [-0.2, -0.15) is 16.9 Å². The Hall–Kier alpha value is -2.72. The highest BCUT2D eigenvalue weighted by atomic mass is 32.2. The average Bonchev–Trinajstić information content (AvgIpc) is 2.89. The molecule has 1 unspecified atom stereocenters. The summed E-state index contributed by atoms with van der Waals surface area (Å²) in [4.78, 5) is 27.2. The second-order valence-electron chi connectivity index (χ2n) is 8.55. The van der Waals surface area contributed by atoms with Crippen LogP contribution >= 0.6 is 11.8 Å². The van der Waals surface area contributed by atoms with Gasteiger partial charge in [-0.15, -0.1) is 0 Å². The zero-order valence-corrected chi connectivity index (χ0v) is 20.8. The highest BCUT2D eigenvalue weighted by molar-refractivity contribution is 7.99. The molecule has 4 rings (SSSR count). The van der Waals surface area contributed by atoms with Crippen molar-refractivity contribution in [3.05, 3.63) is 70.3 Å². The zero-order valence-electron chi connectivity index (χ0n) is 20.0. The molecule has 0 saturated carbocycles. The number of benzene rings is 2. The Morgan fingerprint density at radius 2 is 1.83 bits per heavy atom. The number of esters is 1. The summed E-state index contributed by atoms with van der Waals surface area (Å²) in [5.41, 5.74) is 10.6. The van der Waals surface area contributed by atoms with Gasteiger partial charge in [0.2, 0.25) is 0 Å². The molecule has 2 aromatic carbocycles. The summed E-state index contributed by atoms with van der Waals surface area (Å²) in [7, 11) is 1.56. The number of nitrogens with two attached hydrogens (primary N) is 1. The first-order valence-corrected chi connectivity index (χ1v) is 13.0. The molecule has 0 radical (unpaired) electrons. The average molecular weight is 497 g/mol. The molecule has 2 aliphatic heterocycles. The Morgan fingerprint density at radius 3 is 2.57 bits per heavy atom. The van der Waals surface area contributed by atoms with Crippen molar-refractivity contribution < 1.29 is 19.1 Å². The van der Waals surface area contributed by atoms with Gasteiger partial charge in [0, 0.05) is 49.4 Å². The third-order valence-electron chi connectivity index (χ3n) is 6.20. The lowest BCUT2D eigenvalue weighted by molar-refractivity contribution is -0.147. The number of hydrogen-bond donors (Lipinski definition) is 1. The summed E-state index contributed by atoms with van der Waals surface area (Å²) in [6.45, 7) is 3.25. The Bertz CT molecular complexity index is 1050. The summed E-state index contributed by atoms with van der Waals surface area (Å²) in [5.74, 6) is 1.81. The van der Waals surface area contributed by atoms with Gasteiger partial charge in [-0.3, -0.25) is 19.5 Å². The van der Waals surface area contributed by atoms with Crippen LogP contribution in [0.15, 0.2) is 47.6 Å². The van der Waals surface area contributed by atoms with Crippen LogP contribution < -0.4 is 5.73 Å². The van der Waals surface area contributed by atoms with Crippen LogP contribution in [-0.2, 0) is 20.7 Å². The van der Waals surface area contributed by atoms with Crippen molar-refractivity contribution in [1.29, 1.82) is 0 Å². The van der Waals surface area contributed by atoms with Gasteiger partial charge >= 0.3 is 5.97 Å². The van der Waals surface area contributed by atoms with Crippen LogP contribution in [0.25, 0.3) is 0 Å². The lowest BCUT2D eigenvalue weighted by atomic mass is 9.92. The third-order valence-corrected chi connectivity index (χ3v) is 7.14. The van der Waals surface area contributed by atoms with Crippen LogP contribution in [0.4, 0.5) is 0 Å². The normalized spacial score (nSPS) is 18.5. The molecule has 35 heavy (non-hydrogen) atoms. The number of methoxy groups -OCH3 is 1. The van der Waals surface area contributed by atoms with Gasteiger partial charge in [-0.1, -0.05) is 36.4 Å². The maximum atomic E-state index is 13.2. The van der Waals surface area contributed by atoms with E-state index in [1.807, 2.05) is 65.3 Å². The molecule has 0 amide bonds. The molecule has 9 heteroatoms. The first kappa shape index (κ1) is 25.4. The molecular weight excluding hydrogens is 464 g/mol. The smallest absolute Gasteiger partial charge is 0.320 e. The maximum Gasteiger partial charge on any atom is 0.320 e. The van der Waals surface area contributed by atoms with Crippen LogP contribution in [-0.4, -0.2) is 85.9 Å². The lowest BCUT2D eigenvalue weighted by Gasteiger charge is -2.34. The molecule has 2 aromatic rings. The minimum Gasteiger partial charge on any atom is -0.462 e. The number of ether oxygens (including phenoxy) is 2. The molecule has 0 spiro atoms. The van der Waals surface area contributed by atoms with Crippen molar-refractivity contribution in [2.75, 3.05) is 58.0 Å². The molecule has 1 atom stereocenters. The molecule has 0 aliphatic carbocycles. The highest BCUT2D eigenvalue weighted by Gasteiger charge is 2.27. The molecule has 2 heterocycles. The van der Waals surface area contributed by atoms with Crippen molar-refractivity contribution in [2.24, 2.45) is 10.8 Å². The minimum atomic E-state index is -0.478. The molecule has 8 nitrogen and oxygen atoms in total. The standard InChI is InChI=1S/C26H32N4O4S/c1-33-12-13-34-24(31)18-29-9-8-20-6-7-22(16-23(20)26(29)27)25(32)21-4-2-19(3-5-21)17-28-30-10-14-35-15-11-30/h2-7,16-17,26H,8-15,18,27H2,1H3. The molecular formula is C26H32N4O4S. The Balaban J connectivity index is 1.41. The number of fused-ring (bicyclic) bond motifs is 1. The van der Waals surface area contributed by atoms with E-state index in [2.05, 4.69) is 10.1 Å². The van der Waals surface area contributed by atoms with Crippen LogP contribution in [0.3, 0.4) is 0 Å². The quantitative estimate of drug-likeness (QED) is 0.245. The Kier molecular flexibility index (Phi) is 8.92. The predicted molar refractivity (Wildman–Crippen MR) is 138 cm³/mol. The SMILES string of the molecule is COCCOC(=O)CN1CCc2ccc(C(=O)c3ccc(C=NN4CCSCC4)cc3)cc2C1N. The van der Waals surface area contributed by atoms with Crippen molar-refractivity contribution in [3.63, 3.8) is 0 Å². The first-order chi connectivity index (χ1) is 17.0. The number of carbonyl (C=O) groups is 2. The molecule has 0 bridgehead atoms. The number of nitrogens with zero attached hydrogens (tertiary/aromatic N) is 3. The van der Waals surface area contributed by atoms with Gasteiger partial charge in [-0.25, -0.2) is 0 Å². The maximum absolute atomic E-state index is 13.2. The fourth-order valence-electron chi connectivity index (χ4n) is 4.17. The lowest BCUT2D eigenvalue weighted by Crippen LogP contribution is -2.43. The van der Waals surface area contributed by atoms with Crippen molar-refractivity contribution in [1.82, 2.24) is 9.91 Å². The molecule has 2 N–H and O–H groups in total.